The molecule has 0 radical (unpaired) electrons. The van der Waals surface area contributed by atoms with Crippen LogP contribution in [-0.4, -0.2) is 56.9 Å². The molecule has 0 spiro atoms. The highest BCUT2D eigenvalue weighted by molar-refractivity contribution is 7.80. The van der Waals surface area contributed by atoms with Gasteiger partial charge >= 0.3 is 0 Å². The lowest BCUT2D eigenvalue weighted by molar-refractivity contribution is -0.276. The van der Waals surface area contributed by atoms with Gasteiger partial charge in [-0.2, -0.15) is 12.6 Å². The molecule has 0 aliphatic carbocycles. The monoisotopic (exact) mass is 196 g/mol. The van der Waals surface area contributed by atoms with Crippen molar-refractivity contribution in [3.63, 3.8) is 0 Å². The SMILES string of the molecule is OC1OC(CS)C(O)C(O)C1O. The van der Waals surface area contributed by atoms with Gasteiger partial charge in [0.2, 0.25) is 0 Å². The van der Waals surface area contributed by atoms with E-state index in [1.165, 1.54) is 0 Å². The molecule has 5 atom stereocenters. The van der Waals surface area contributed by atoms with E-state index in [-0.39, 0.29) is 5.75 Å². The van der Waals surface area contributed by atoms with Crippen molar-refractivity contribution in [2.75, 3.05) is 5.75 Å². The van der Waals surface area contributed by atoms with Crippen LogP contribution >= 0.6 is 12.6 Å². The van der Waals surface area contributed by atoms with Gasteiger partial charge in [-0.25, -0.2) is 0 Å². The van der Waals surface area contributed by atoms with Gasteiger partial charge in [0.1, 0.15) is 18.3 Å². The fourth-order valence-corrected chi connectivity index (χ4v) is 1.38. The van der Waals surface area contributed by atoms with Gasteiger partial charge < -0.3 is 25.2 Å². The highest BCUT2D eigenvalue weighted by Gasteiger charge is 2.42. The Balaban J connectivity index is 2.63. The molecule has 0 aromatic heterocycles. The van der Waals surface area contributed by atoms with E-state index in [2.05, 4.69) is 12.6 Å². The molecule has 1 saturated heterocycles. The zero-order valence-corrected chi connectivity index (χ0v) is 7.13. The maximum atomic E-state index is 9.23. The van der Waals surface area contributed by atoms with Crippen LogP contribution in [0.15, 0.2) is 0 Å². The molecule has 6 heteroatoms. The third kappa shape index (κ3) is 1.73. The van der Waals surface area contributed by atoms with Crippen molar-refractivity contribution in [3.8, 4) is 0 Å². The summed E-state index contributed by atoms with van der Waals surface area (Å²) in [5, 5.41) is 36.4. The van der Waals surface area contributed by atoms with E-state index in [1.807, 2.05) is 0 Å². The smallest absolute Gasteiger partial charge is 0.183 e. The lowest BCUT2D eigenvalue weighted by atomic mass is 10.0. The summed E-state index contributed by atoms with van der Waals surface area (Å²) in [5.74, 6) is 0.169. The highest BCUT2D eigenvalue weighted by atomic mass is 32.1. The average Bonchev–Trinajstić information content (AvgIpc) is 2.08. The summed E-state index contributed by atoms with van der Waals surface area (Å²) in [4.78, 5) is 0. The van der Waals surface area contributed by atoms with E-state index in [1.54, 1.807) is 0 Å². The van der Waals surface area contributed by atoms with Crippen LogP contribution in [0, 0.1) is 0 Å². The van der Waals surface area contributed by atoms with Crippen LogP contribution < -0.4 is 0 Å². The third-order valence-electron chi connectivity index (χ3n) is 1.87. The lowest BCUT2D eigenvalue weighted by Crippen LogP contribution is -2.57. The zero-order chi connectivity index (χ0) is 9.30. The summed E-state index contributed by atoms with van der Waals surface area (Å²) in [6.07, 6.45) is -6.26. The Kier molecular flexibility index (Phi) is 3.33. The average molecular weight is 196 g/mol. The van der Waals surface area contributed by atoms with Gasteiger partial charge in [-0.15, -0.1) is 0 Å². The number of thiol groups is 1. The quantitative estimate of drug-likeness (QED) is 0.305. The summed E-state index contributed by atoms with van der Waals surface area (Å²) < 4.78 is 4.75. The minimum atomic E-state index is -1.46. The number of hydrogen-bond donors (Lipinski definition) is 5. The van der Waals surface area contributed by atoms with Crippen molar-refractivity contribution >= 4 is 12.6 Å². The molecular weight excluding hydrogens is 184 g/mol. The second-order valence-electron chi connectivity index (χ2n) is 2.72. The van der Waals surface area contributed by atoms with Gasteiger partial charge in [0.25, 0.3) is 0 Å². The summed E-state index contributed by atoms with van der Waals surface area (Å²) in [6, 6.07) is 0. The van der Waals surface area contributed by atoms with Gasteiger partial charge in [-0.1, -0.05) is 0 Å². The molecule has 1 aliphatic heterocycles. The number of rotatable bonds is 1. The Morgan fingerprint density at radius 2 is 1.58 bits per heavy atom. The Labute approximate surface area is 75.0 Å². The molecule has 0 bridgehead atoms. The van der Waals surface area contributed by atoms with E-state index < -0.39 is 30.7 Å². The Hall–Kier alpha value is 0.150. The third-order valence-corrected chi connectivity index (χ3v) is 2.23. The predicted molar refractivity (Wildman–Crippen MR) is 42.8 cm³/mol. The van der Waals surface area contributed by atoms with E-state index in [0.717, 1.165) is 0 Å². The predicted octanol–water partition coefficient (Wildman–Crippen LogP) is -2.28. The van der Waals surface area contributed by atoms with Crippen LogP contribution in [0.1, 0.15) is 0 Å². The lowest BCUT2D eigenvalue weighted by Gasteiger charge is -2.37. The van der Waals surface area contributed by atoms with Gasteiger partial charge in [0, 0.05) is 5.75 Å². The van der Waals surface area contributed by atoms with E-state index in [4.69, 9.17) is 20.1 Å². The number of aliphatic hydroxyl groups excluding tert-OH is 4. The second kappa shape index (κ2) is 3.91. The molecule has 5 unspecified atom stereocenters. The molecule has 0 amide bonds. The molecule has 1 aliphatic rings. The minimum absolute atomic E-state index is 0.169. The van der Waals surface area contributed by atoms with E-state index in [0.29, 0.717) is 0 Å². The van der Waals surface area contributed by atoms with Crippen LogP contribution in [0.3, 0.4) is 0 Å². The molecule has 1 rings (SSSR count). The fourth-order valence-electron chi connectivity index (χ4n) is 1.08. The van der Waals surface area contributed by atoms with Crippen LogP contribution in [-0.2, 0) is 4.74 Å². The topological polar surface area (TPSA) is 90.2 Å². The van der Waals surface area contributed by atoms with Crippen LogP contribution in [0.5, 0.6) is 0 Å². The Morgan fingerprint density at radius 1 is 1.00 bits per heavy atom. The first-order valence-corrected chi connectivity index (χ1v) is 4.19. The molecule has 1 heterocycles. The first-order valence-electron chi connectivity index (χ1n) is 3.56. The number of hydrogen-bond acceptors (Lipinski definition) is 6. The van der Waals surface area contributed by atoms with Gasteiger partial charge in [0.15, 0.2) is 6.29 Å². The molecular formula is C6H12O5S. The summed E-state index contributed by atoms with van der Waals surface area (Å²) in [7, 11) is 0. The first kappa shape index (κ1) is 10.2. The van der Waals surface area contributed by atoms with Gasteiger partial charge in [-0.3, -0.25) is 0 Å². The summed E-state index contributed by atoms with van der Waals surface area (Å²) >= 11 is 3.84. The standard InChI is InChI=1S/C6H12O5S/c7-3-2(1-12)11-6(10)5(9)4(3)8/h2-10,12H,1H2. The zero-order valence-electron chi connectivity index (χ0n) is 6.24. The van der Waals surface area contributed by atoms with Crippen LogP contribution in [0.25, 0.3) is 0 Å². The van der Waals surface area contributed by atoms with Crippen molar-refractivity contribution in [2.24, 2.45) is 0 Å². The summed E-state index contributed by atoms with van der Waals surface area (Å²) in [6.45, 7) is 0. The van der Waals surface area contributed by atoms with Crippen LogP contribution in [0.4, 0.5) is 0 Å². The van der Waals surface area contributed by atoms with Crippen molar-refractivity contribution in [2.45, 2.75) is 30.7 Å². The molecule has 12 heavy (non-hydrogen) atoms. The number of aliphatic hydroxyl groups is 4. The fraction of sp³-hybridized carbons (Fsp3) is 1.00. The molecule has 0 saturated carbocycles. The maximum Gasteiger partial charge on any atom is 0.183 e. The molecule has 4 N–H and O–H groups in total. The summed E-state index contributed by atoms with van der Waals surface area (Å²) in [5.41, 5.74) is 0. The second-order valence-corrected chi connectivity index (χ2v) is 3.08. The molecule has 0 aromatic carbocycles. The Morgan fingerprint density at radius 3 is 2.08 bits per heavy atom. The Bertz CT molecular complexity index is 150. The molecule has 72 valence electrons. The largest absolute Gasteiger partial charge is 0.388 e. The van der Waals surface area contributed by atoms with Crippen molar-refractivity contribution in [1.29, 1.82) is 0 Å². The van der Waals surface area contributed by atoms with E-state index in [9.17, 15) is 5.11 Å². The minimum Gasteiger partial charge on any atom is -0.388 e. The van der Waals surface area contributed by atoms with Crippen molar-refractivity contribution < 1.29 is 25.2 Å². The maximum absolute atomic E-state index is 9.23. The number of ether oxygens (including phenoxy) is 1. The van der Waals surface area contributed by atoms with Crippen LogP contribution in [0.2, 0.25) is 0 Å². The molecule has 5 nitrogen and oxygen atoms in total. The molecule has 0 aromatic rings. The van der Waals surface area contributed by atoms with E-state index >= 15 is 0 Å². The van der Waals surface area contributed by atoms with Gasteiger partial charge in [-0.05, 0) is 0 Å². The van der Waals surface area contributed by atoms with Crippen molar-refractivity contribution in [1.82, 2.24) is 0 Å². The van der Waals surface area contributed by atoms with Crippen molar-refractivity contribution in [3.05, 3.63) is 0 Å². The van der Waals surface area contributed by atoms with Gasteiger partial charge in [0.05, 0.1) is 6.10 Å². The highest BCUT2D eigenvalue weighted by Crippen LogP contribution is 2.20. The molecule has 1 fully saturated rings. The normalized spacial score (nSPS) is 49.2. The first-order chi connectivity index (χ1) is 5.57.